The Balaban J connectivity index is 1.79. The maximum Gasteiger partial charge on any atom is 0.276 e. The molecule has 3 rings (SSSR count). The van der Waals surface area contributed by atoms with Gasteiger partial charge in [0.2, 0.25) is 0 Å². The first-order valence-electron chi connectivity index (χ1n) is 9.73. The van der Waals surface area contributed by atoms with Crippen molar-refractivity contribution >= 4 is 29.3 Å². The molecule has 1 amide bonds. The van der Waals surface area contributed by atoms with Gasteiger partial charge in [0.25, 0.3) is 5.91 Å². The summed E-state index contributed by atoms with van der Waals surface area (Å²) < 4.78 is 11.5. The van der Waals surface area contributed by atoms with E-state index in [0.29, 0.717) is 24.0 Å². The zero-order valence-corrected chi connectivity index (χ0v) is 17.8. The maximum absolute atomic E-state index is 12.6. The molecular formula is C23H26N2O3S. The van der Waals surface area contributed by atoms with Crippen LogP contribution in [0.4, 0.5) is 0 Å². The molecule has 1 aliphatic heterocycles. The van der Waals surface area contributed by atoms with Crippen LogP contribution in [0.15, 0.2) is 48.2 Å². The highest BCUT2D eigenvalue weighted by atomic mass is 32.1. The van der Waals surface area contributed by atoms with Crippen molar-refractivity contribution in [3.05, 3.63) is 64.9 Å². The Morgan fingerprint density at radius 2 is 1.97 bits per heavy atom. The lowest BCUT2D eigenvalue weighted by molar-refractivity contribution is -0.122. The monoisotopic (exact) mass is 410 g/mol. The predicted octanol–water partition coefficient (Wildman–Crippen LogP) is 4.44. The first kappa shape index (κ1) is 20.9. The lowest BCUT2D eigenvalue weighted by Crippen LogP contribution is -2.31. The van der Waals surface area contributed by atoms with E-state index >= 15 is 0 Å². The Kier molecular flexibility index (Phi) is 6.88. The fourth-order valence-corrected chi connectivity index (χ4v) is 3.42. The number of amides is 1. The largest absolute Gasteiger partial charge is 0.496 e. The summed E-state index contributed by atoms with van der Waals surface area (Å²) in [6.07, 6.45) is 3.75. The minimum Gasteiger partial charge on any atom is -0.496 e. The number of carbonyl (C=O) groups excluding carboxylic acids is 1. The van der Waals surface area contributed by atoms with Crippen molar-refractivity contribution in [3.63, 3.8) is 0 Å². The second-order valence-electron chi connectivity index (χ2n) is 6.92. The summed E-state index contributed by atoms with van der Waals surface area (Å²) in [7, 11) is 1.64. The second kappa shape index (κ2) is 9.56. The summed E-state index contributed by atoms with van der Waals surface area (Å²) in [6.45, 7) is 5.10. The van der Waals surface area contributed by atoms with E-state index in [-0.39, 0.29) is 5.91 Å². The molecule has 0 atom stereocenters. The number of rotatable bonds is 8. The number of nitrogens with one attached hydrogen (secondary N) is 1. The number of aryl methyl sites for hydroxylation is 1. The van der Waals surface area contributed by atoms with E-state index in [2.05, 4.69) is 12.2 Å². The summed E-state index contributed by atoms with van der Waals surface area (Å²) in [5.41, 5.74) is 3.35. The van der Waals surface area contributed by atoms with Gasteiger partial charge in [-0.1, -0.05) is 37.6 Å². The molecule has 5 nitrogen and oxygen atoms in total. The summed E-state index contributed by atoms with van der Waals surface area (Å²) in [5, 5.41) is 3.50. The minimum atomic E-state index is -0.0861. The summed E-state index contributed by atoms with van der Waals surface area (Å²) in [6, 6.07) is 13.7. The number of hydrogen-bond donors (Lipinski definition) is 1. The maximum atomic E-state index is 12.6. The van der Waals surface area contributed by atoms with Crippen LogP contribution >= 0.6 is 12.2 Å². The fraction of sp³-hybridized carbons (Fsp3) is 0.304. The van der Waals surface area contributed by atoms with Crippen LogP contribution in [-0.2, 0) is 11.4 Å². The quantitative estimate of drug-likeness (QED) is 0.515. The third kappa shape index (κ3) is 4.95. The zero-order chi connectivity index (χ0) is 20.8. The van der Waals surface area contributed by atoms with E-state index in [4.69, 9.17) is 21.7 Å². The summed E-state index contributed by atoms with van der Waals surface area (Å²) >= 11 is 5.31. The molecule has 6 heteroatoms. The lowest BCUT2D eigenvalue weighted by Gasteiger charge is -2.13. The van der Waals surface area contributed by atoms with Gasteiger partial charge in [-0.05, 0) is 61.0 Å². The topological polar surface area (TPSA) is 50.8 Å². The van der Waals surface area contributed by atoms with Crippen LogP contribution in [-0.4, -0.2) is 29.6 Å². The number of methoxy groups -OCH3 is 1. The minimum absolute atomic E-state index is 0.0861. The van der Waals surface area contributed by atoms with Crippen LogP contribution in [0.5, 0.6) is 11.5 Å². The smallest absolute Gasteiger partial charge is 0.276 e. The molecule has 1 heterocycles. The molecule has 2 aromatic carbocycles. The Morgan fingerprint density at radius 3 is 2.69 bits per heavy atom. The Morgan fingerprint density at radius 1 is 1.17 bits per heavy atom. The molecule has 152 valence electrons. The average molecular weight is 411 g/mol. The number of unbranched alkanes of at least 4 members (excludes halogenated alkanes) is 1. The van der Waals surface area contributed by atoms with E-state index in [0.717, 1.165) is 41.0 Å². The van der Waals surface area contributed by atoms with Gasteiger partial charge < -0.3 is 14.8 Å². The molecule has 0 aromatic heterocycles. The van der Waals surface area contributed by atoms with Crippen molar-refractivity contribution in [2.45, 2.75) is 33.3 Å². The number of hydrogen-bond acceptors (Lipinski definition) is 4. The van der Waals surface area contributed by atoms with E-state index in [1.807, 2.05) is 55.5 Å². The van der Waals surface area contributed by atoms with Crippen molar-refractivity contribution in [1.29, 1.82) is 0 Å². The molecule has 0 radical (unpaired) electrons. The molecule has 0 aliphatic carbocycles. The molecule has 0 saturated carbocycles. The number of para-hydroxylation sites is 1. The third-order valence-electron chi connectivity index (χ3n) is 4.79. The van der Waals surface area contributed by atoms with Gasteiger partial charge in [0.05, 0.1) is 7.11 Å². The van der Waals surface area contributed by atoms with Crippen molar-refractivity contribution in [3.8, 4) is 11.5 Å². The van der Waals surface area contributed by atoms with Gasteiger partial charge in [0.15, 0.2) is 5.11 Å². The van der Waals surface area contributed by atoms with Crippen molar-refractivity contribution < 1.29 is 14.3 Å². The zero-order valence-electron chi connectivity index (χ0n) is 17.0. The molecule has 1 aliphatic rings. The highest BCUT2D eigenvalue weighted by Gasteiger charge is 2.29. The molecule has 0 spiro atoms. The predicted molar refractivity (Wildman–Crippen MR) is 119 cm³/mol. The van der Waals surface area contributed by atoms with Gasteiger partial charge in [0.1, 0.15) is 23.8 Å². The highest BCUT2D eigenvalue weighted by Crippen LogP contribution is 2.25. The Bertz CT molecular complexity index is 939. The van der Waals surface area contributed by atoms with Crippen LogP contribution in [0.2, 0.25) is 0 Å². The average Bonchev–Trinajstić information content (AvgIpc) is 2.98. The van der Waals surface area contributed by atoms with Gasteiger partial charge in [-0.3, -0.25) is 9.69 Å². The van der Waals surface area contributed by atoms with Crippen molar-refractivity contribution in [2.75, 3.05) is 13.7 Å². The van der Waals surface area contributed by atoms with Gasteiger partial charge in [-0.15, -0.1) is 0 Å². The highest BCUT2D eigenvalue weighted by molar-refractivity contribution is 7.80. The third-order valence-corrected chi connectivity index (χ3v) is 5.11. The Hall–Kier alpha value is -2.86. The van der Waals surface area contributed by atoms with E-state index < -0.39 is 0 Å². The Labute approximate surface area is 177 Å². The van der Waals surface area contributed by atoms with E-state index in [1.54, 1.807) is 12.0 Å². The summed E-state index contributed by atoms with van der Waals surface area (Å²) in [4.78, 5) is 14.3. The first-order chi connectivity index (χ1) is 14.0. The van der Waals surface area contributed by atoms with Crippen LogP contribution in [0.1, 0.15) is 36.5 Å². The number of carbonyl (C=O) groups is 1. The van der Waals surface area contributed by atoms with Gasteiger partial charge in [-0.2, -0.15) is 0 Å². The molecular weight excluding hydrogens is 384 g/mol. The van der Waals surface area contributed by atoms with Gasteiger partial charge in [-0.25, -0.2) is 0 Å². The van der Waals surface area contributed by atoms with Gasteiger partial charge in [0, 0.05) is 12.1 Å². The van der Waals surface area contributed by atoms with Crippen molar-refractivity contribution in [2.24, 2.45) is 0 Å². The SMILES string of the molecule is CCCCN1C(=O)/C(=C\c2ccc(OC)c(COc3ccccc3C)c2)NC1=S. The second-order valence-corrected chi connectivity index (χ2v) is 7.31. The van der Waals surface area contributed by atoms with E-state index in [9.17, 15) is 4.79 Å². The molecule has 29 heavy (non-hydrogen) atoms. The lowest BCUT2D eigenvalue weighted by atomic mass is 10.1. The fourth-order valence-electron chi connectivity index (χ4n) is 3.13. The summed E-state index contributed by atoms with van der Waals surface area (Å²) in [5.74, 6) is 1.49. The molecule has 0 unspecified atom stereocenters. The molecule has 0 bridgehead atoms. The number of ether oxygens (including phenoxy) is 2. The first-order valence-corrected chi connectivity index (χ1v) is 10.1. The molecule has 1 saturated heterocycles. The van der Waals surface area contributed by atoms with Crippen molar-refractivity contribution in [1.82, 2.24) is 10.2 Å². The number of benzene rings is 2. The van der Waals surface area contributed by atoms with E-state index in [1.165, 1.54) is 0 Å². The van der Waals surface area contributed by atoms with Gasteiger partial charge >= 0.3 is 0 Å². The van der Waals surface area contributed by atoms with Crippen LogP contribution in [0, 0.1) is 6.92 Å². The standard InChI is InChI=1S/C23H26N2O3S/c1-4-5-12-25-22(26)19(24-23(25)29)14-17-10-11-21(27-3)18(13-17)15-28-20-9-7-6-8-16(20)2/h6-11,13-14H,4-5,12,15H2,1-3H3,(H,24,29)/b19-14+. The van der Waals surface area contributed by atoms with Crippen LogP contribution < -0.4 is 14.8 Å². The van der Waals surface area contributed by atoms with Crippen LogP contribution in [0.25, 0.3) is 6.08 Å². The van der Waals surface area contributed by atoms with Crippen LogP contribution in [0.3, 0.4) is 0 Å². The normalized spacial score (nSPS) is 15.0. The molecule has 1 fully saturated rings. The molecule has 1 N–H and O–H groups in total. The number of thiocarbonyl (C=S) groups is 1. The molecule has 2 aromatic rings. The number of nitrogens with zero attached hydrogens (tertiary/aromatic N) is 1.